The first-order chi connectivity index (χ1) is 11.7. The fourth-order valence-corrected chi connectivity index (χ4v) is 3.04. The van der Waals surface area contributed by atoms with E-state index in [9.17, 15) is 0 Å². The van der Waals surface area contributed by atoms with Crippen LogP contribution in [0.25, 0.3) is 21.7 Å². The van der Waals surface area contributed by atoms with Crippen LogP contribution >= 0.6 is 0 Å². The summed E-state index contributed by atoms with van der Waals surface area (Å²) >= 11 is 0. The number of nitrogens with one attached hydrogen (secondary N) is 1. The lowest BCUT2D eigenvalue weighted by Gasteiger charge is -2.13. The maximum Gasteiger partial charge on any atom is 0.145 e. The van der Waals surface area contributed by atoms with Crippen molar-refractivity contribution in [1.82, 2.24) is 4.98 Å². The first kappa shape index (κ1) is 14.5. The van der Waals surface area contributed by atoms with Gasteiger partial charge in [-0.15, -0.1) is 0 Å². The van der Waals surface area contributed by atoms with Gasteiger partial charge < -0.3 is 10.1 Å². The molecule has 0 fully saturated rings. The molecule has 0 amide bonds. The van der Waals surface area contributed by atoms with Gasteiger partial charge in [-0.05, 0) is 42.0 Å². The standard InChI is InChI=1S/C21H18N2O/c1-14-12-19(18-8-5-9-20(24-2)21(18)22-14)23-17-11-10-15-6-3-4-7-16(15)13-17/h3-13H,1-2H3,(H,22,23). The van der Waals surface area contributed by atoms with Crippen LogP contribution in [0.5, 0.6) is 5.75 Å². The molecule has 4 rings (SSSR count). The molecule has 0 saturated heterocycles. The number of methoxy groups -OCH3 is 1. The van der Waals surface area contributed by atoms with Gasteiger partial charge in [0.05, 0.1) is 7.11 Å². The molecule has 3 nitrogen and oxygen atoms in total. The highest BCUT2D eigenvalue weighted by atomic mass is 16.5. The smallest absolute Gasteiger partial charge is 0.145 e. The maximum absolute atomic E-state index is 5.46. The molecule has 1 aromatic heterocycles. The van der Waals surface area contributed by atoms with E-state index in [1.54, 1.807) is 7.11 Å². The average Bonchev–Trinajstić information content (AvgIpc) is 2.61. The van der Waals surface area contributed by atoms with E-state index in [1.807, 2.05) is 19.1 Å². The van der Waals surface area contributed by atoms with Crippen molar-refractivity contribution in [3.8, 4) is 5.75 Å². The minimum atomic E-state index is 0.790. The van der Waals surface area contributed by atoms with Crippen LogP contribution in [0.3, 0.4) is 0 Å². The first-order valence-electron chi connectivity index (χ1n) is 7.95. The summed E-state index contributed by atoms with van der Waals surface area (Å²) in [6, 6.07) is 22.8. The molecular formula is C21H18N2O. The van der Waals surface area contributed by atoms with E-state index in [4.69, 9.17) is 4.74 Å². The van der Waals surface area contributed by atoms with Gasteiger partial charge in [-0.3, -0.25) is 0 Å². The van der Waals surface area contributed by atoms with Gasteiger partial charge in [-0.2, -0.15) is 0 Å². The van der Waals surface area contributed by atoms with Gasteiger partial charge in [-0.25, -0.2) is 4.98 Å². The zero-order valence-electron chi connectivity index (χ0n) is 13.7. The summed E-state index contributed by atoms with van der Waals surface area (Å²) in [7, 11) is 1.68. The number of para-hydroxylation sites is 1. The summed E-state index contributed by atoms with van der Waals surface area (Å²) in [6.07, 6.45) is 0. The minimum Gasteiger partial charge on any atom is -0.494 e. The van der Waals surface area contributed by atoms with Crippen molar-refractivity contribution in [3.05, 3.63) is 72.4 Å². The maximum atomic E-state index is 5.46. The van der Waals surface area contributed by atoms with Gasteiger partial charge >= 0.3 is 0 Å². The van der Waals surface area contributed by atoms with Gasteiger partial charge in [0.25, 0.3) is 0 Å². The zero-order chi connectivity index (χ0) is 16.5. The molecule has 3 heteroatoms. The minimum absolute atomic E-state index is 0.790. The normalized spacial score (nSPS) is 10.9. The van der Waals surface area contributed by atoms with Crippen molar-refractivity contribution in [1.29, 1.82) is 0 Å². The quantitative estimate of drug-likeness (QED) is 0.546. The molecule has 1 heterocycles. The van der Waals surface area contributed by atoms with Crippen LogP contribution in [-0.4, -0.2) is 12.1 Å². The van der Waals surface area contributed by atoms with Crippen molar-refractivity contribution in [2.45, 2.75) is 6.92 Å². The number of rotatable bonds is 3. The Bertz CT molecular complexity index is 1040. The molecule has 0 atom stereocenters. The molecule has 0 aliphatic carbocycles. The number of hydrogen-bond acceptors (Lipinski definition) is 3. The van der Waals surface area contributed by atoms with Gasteiger partial charge in [0.1, 0.15) is 11.3 Å². The average molecular weight is 314 g/mol. The molecule has 0 unspecified atom stereocenters. The van der Waals surface area contributed by atoms with Crippen LogP contribution < -0.4 is 10.1 Å². The molecule has 0 saturated carbocycles. The van der Waals surface area contributed by atoms with Crippen LogP contribution in [0, 0.1) is 6.92 Å². The third-order valence-corrected chi connectivity index (χ3v) is 4.18. The van der Waals surface area contributed by atoms with E-state index in [2.05, 4.69) is 64.9 Å². The summed E-state index contributed by atoms with van der Waals surface area (Å²) in [5.41, 5.74) is 3.92. The molecule has 0 bridgehead atoms. The predicted octanol–water partition coefficient (Wildman–Crippen LogP) is 5.45. The topological polar surface area (TPSA) is 34.1 Å². The zero-order valence-corrected chi connectivity index (χ0v) is 13.7. The molecule has 1 N–H and O–H groups in total. The first-order valence-corrected chi connectivity index (χ1v) is 7.95. The molecule has 4 aromatic rings. The lowest BCUT2D eigenvalue weighted by molar-refractivity contribution is 0.419. The number of benzene rings is 3. The molecule has 0 aliphatic rings. The summed E-state index contributed by atoms with van der Waals surface area (Å²) in [6.45, 7) is 2.00. The fourth-order valence-electron chi connectivity index (χ4n) is 3.04. The van der Waals surface area contributed by atoms with Crippen LogP contribution in [-0.2, 0) is 0 Å². The highest BCUT2D eigenvalue weighted by Crippen LogP contribution is 2.32. The monoisotopic (exact) mass is 314 g/mol. The molecular weight excluding hydrogens is 296 g/mol. The van der Waals surface area contributed by atoms with E-state index < -0.39 is 0 Å². The van der Waals surface area contributed by atoms with E-state index in [0.717, 1.165) is 33.7 Å². The summed E-state index contributed by atoms with van der Waals surface area (Å²) in [5.74, 6) is 0.790. The lowest BCUT2D eigenvalue weighted by Crippen LogP contribution is -1.96. The van der Waals surface area contributed by atoms with Gasteiger partial charge in [-0.1, -0.05) is 42.5 Å². The highest BCUT2D eigenvalue weighted by molar-refractivity contribution is 5.97. The Kier molecular flexibility index (Phi) is 3.54. The van der Waals surface area contributed by atoms with Crippen molar-refractivity contribution in [3.63, 3.8) is 0 Å². The predicted molar refractivity (Wildman–Crippen MR) is 100 cm³/mol. The number of aryl methyl sites for hydroxylation is 1. The van der Waals surface area contributed by atoms with Crippen molar-refractivity contribution < 1.29 is 4.74 Å². The molecule has 24 heavy (non-hydrogen) atoms. The van der Waals surface area contributed by atoms with E-state index in [0.29, 0.717) is 0 Å². The molecule has 0 radical (unpaired) electrons. The highest BCUT2D eigenvalue weighted by Gasteiger charge is 2.09. The van der Waals surface area contributed by atoms with Crippen LogP contribution in [0.4, 0.5) is 11.4 Å². The van der Waals surface area contributed by atoms with Crippen LogP contribution in [0.15, 0.2) is 66.7 Å². The Morgan fingerprint density at radius 1 is 0.875 bits per heavy atom. The number of anilines is 2. The lowest BCUT2D eigenvalue weighted by atomic mass is 10.1. The largest absolute Gasteiger partial charge is 0.494 e. The third kappa shape index (κ3) is 2.54. The Hall–Kier alpha value is -3.07. The molecule has 0 aliphatic heterocycles. The summed E-state index contributed by atoms with van der Waals surface area (Å²) in [5, 5.41) is 7.04. The number of pyridine rings is 1. The Labute approximate surface area is 140 Å². The van der Waals surface area contributed by atoms with E-state index in [1.165, 1.54) is 10.8 Å². The van der Waals surface area contributed by atoms with Gasteiger partial charge in [0, 0.05) is 22.5 Å². The second-order valence-corrected chi connectivity index (χ2v) is 5.85. The van der Waals surface area contributed by atoms with Gasteiger partial charge in [0.2, 0.25) is 0 Å². The number of hydrogen-bond donors (Lipinski definition) is 1. The number of nitrogens with zero attached hydrogens (tertiary/aromatic N) is 1. The van der Waals surface area contributed by atoms with Crippen molar-refractivity contribution >= 4 is 33.1 Å². The van der Waals surface area contributed by atoms with E-state index >= 15 is 0 Å². The second-order valence-electron chi connectivity index (χ2n) is 5.85. The fraction of sp³-hybridized carbons (Fsp3) is 0.0952. The van der Waals surface area contributed by atoms with Gasteiger partial charge in [0.15, 0.2) is 0 Å². The molecule has 0 spiro atoms. The van der Waals surface area contributed by atoms with Crippen LogP contribution in [0.2, 0.25) is 0 Å². The Balaban J connectivity index is 1.83. The SMILES string of the molecule is COc1cccc2c(Nc3ccc4ccccc4c3)cc(C)nc12. The molecule has 118 valence electrons. The number of aromatic nitrogens is 1. The second kappa shape index (κ2) is 5.85. The van der Waals surface area contributed by atoms with E-state index in [-0.39, 0.29) is 0 Å². The molecule has 3 aromatic carbocycles. The summed E-state index contributed by atoms with van der Waals surface area (Å²) < 4.78 is 5.46. The van der Waals surface area contributed by atoms with Crippen molar-refractivity contribution in [2.24, 2.45) is 0 Å². The van der Waals surface area contributed by atoms with Crippen molar-refractivity contribution in [2.75, 3.05) is 12.4 Å². The number of ether oxygens (including phenoxy) is 1. The number of fused-ring (bicyclic) bond motifs is 2. The Morgan fingerprint density at radius 3 is 2.54 bits per heavy atom. The summed E-state index contributed by atoms with van der Waals surface area (Å²) in [4.78, 5) is 4.63. The Morgan fingerprint density at radius 2 is 1.71 bits per heavy atom. The third-order valence-electron chi connectivity index (χ3n) is 4.18. The van der Waals surface area contributed by atoms with Crippen LogP contribution in [0.1, 0.15) is 5.69 Å².